The Morgan fingerprint density at radius 1 is 0.446 bits per heavy atom. The minimum atomic E-state index is -0.276. The van der Waals surface area contributed by atoms with Crippen molar-refractivity contribution < 1.29 is 14.6 Å². The van der Waals surface area contributed by atoms with Gasteiger partial charge in [0, 0.05) is 43.4 Å². The van der Waals surface area contributed by atoms with Crippen LogP contribution in [0.2, 0.25) is 0 Å². The van der Waals surface area contributed by atoms with Crippen LogP contribution in [0.5, 0.6) is 11.5 Å². The number of fused-ring (bicyclic) bond motifs is 8. The number of aromatic hydroxyl groups is 2. The van der Waals surface area contributed by atoms with Crippen LogP contribution in [0.1, 0.15) is 0 Å². The van der Waals surface area contributed by atoms with Gasteiger partial charge in [-0.15, -0.1) is 20.4 Å². The lowest BCUT2D eigenvalue weighted by Gasteiger charge is -2.10. The Bertz CT molecular complexity index is 4040. The van der Waals surface area contributed by atoms with E-state index in [1.165, 1.54) is 12.1 Å². The van der Waals surface area contributed by atoms with Crippen LogP contribution in [0.15, 0.2) is 180 Å². The van der Waals surface area contributed by atoms with Gasteiger partial charge in [-0.3, -0.25) is 18.4 Å². The van der Waals surface area contributed by atoms with Crippen molar-refractivity contribution in [2.24, 2.45) is 20.5 Å². The molecule has 0 bridgehead atoms. The number of hydrogen-bond acceptors (Lipinski definition) is 13. The Kier molecular flexibility index (Phi) is 7.51. The Labute approximate surface area is 362 Å². The second kappa shape index (κ2) is 13.5. The zero-order chi connectivity index (χ0) is 43.5. The van der Waals surface area contributed by atoms with E-state index in [4.69, 9.17) is 14.4 Å². The predicted molar refractivity (Wildman–Crippen MR) is 247 cm³/mol. The Hall–Kier alpha value is -9.50. The van der Waals surface area contributed by atoms with Crippen LogP contribution in [0.3, 0.4) is 0 Å². The van der Waals surface area contributed by atoms with E-state index in [2.05, 4.69) is 30.7 Å². The molecule has 8 aromatic carbocycles. The molecular weight excluding hydrogens is 821 g/mol. The standard InChI is InChI=1S/C50H26N10O5/c61-39-23-33-41-29(7-5-9-31(41)45-51-35-11-1-3-13-37(35)59(45)49(33)63)43(39)55-53-27-19-15-25(16-20-27)47-57-58-48(65-47)26-17-21-28(22-18-26)54-56-44-30-8-6-10-32-42(30)34(24-40(44)62)50(64)60-38-14-4-2-12-36(38)52-46(32)60/h1-24,61-62H. The first-order valence-corrected chi connectivity index (χ1v) is 20.4. The number of phenolic OH excluding ortho intramolecular Hbond substituents is 2. The molecule has 0 amide bonds. The third-order valence-corrected chi connectivity index (χ3v) is 11.9. The van der Waals surface area contributed by atoms with E-state index >= 15 is 0 Å². The van der Waals surface area contributed by atoms with Gasteiger partial charge in [-0.1, -0.05) is 60.7 Å². The van der Waals surface area contributed by atoms with E-state index in [1.807, 2.05) is 72.8 Å². The molecule has 15 nitrogen and oxygen atoms in total. The van der Waals surface area contributed by atoms with Crippen molar-refractivity contribution >= 4 is 99.2 Å². The summed E-state index contributed by atoms with van der Waals surface area (Å²) < 4.78 is 9.21. The van der Waals surface area contributed by atoms with E-state index in [-0.39, 0.29) is 45.8 Å². The van der Waals surface area contributed by atoms with Gasteiger partial charge in [0.05, 0.1) is 44.2 Å². The summed E-state index contributed by atoms with van der Waals surface area (Å²) >= 11 is 0. The number of aromatic nitrogens is 6. The molecule has 0 saturated carbocycles. The lowest BCUT2D eigenvalue weighted by Crippen LogP contribution is -2.13. The second-order valence-electron chi connectivity index (χ2n) is 15.6. The molecule has 0 atom stereocenters. The summed E-state index contributed by atoms with van der Waals surface area (Å²) in [6, 6.07) is 43.0. The van der Waals surface area contributed by atoms with Gasteiger partial charge in [0.2, 0.25) is 11.8 Å². The van der Waals surface area contributed by atoms with Gasteiger partial charge >= 0.3 is 0 Å². The van der Waals surface area contributed by atoms with Gasteiger partial charge in [-0.25, -0.2) is 9.97 Å². The molecule has 0 unspecified atom stereocenters. The maximum Gasteiger partial charge on any atom is 0.264 e. The minimum Gasteiger partial charge on any atom is -0.506 e. The molecule has 306 valence electrons. The SMILES string of the molecule is O=c1c2cc(O)c(N=Nc3ccc(-c4nnc(-c5ccc(N=Nc6c(O)cc7c(=O)n8c9ccccc9nc8c8cccc6c78)cc5)o4)cc3)c3cccc(c32)c2nc3ccccc3n12. The number of benzene rings is 8. The number of nitrogens with zero attached hydrogens (tertiary/aromatic N) is 10. The van der Waals surface area contributed by atoms with E-state index in [9.17, 15) is 19.8 Å². The molecule has 0 radical (unpaired) electrons. The summed E-state index contributed by atoms with van der Waals surface area (Å²) in [7, 11) is 0. The van der Waals surface area contributed by atoms with Crippen LogP contribution < -0.4 is 11.1 Å². The smallest absolute Gasteiger partial charge is 0.264 e. The van der Waals surface area contributed by atoms with Crippen molar-refractivity contribution in [2.75, 3.05) is 0 Å². The Balaban J connectivity index is 0.758. The number of pyridine rings is 2. The number of azo groups is 2. The van der Waals surface area contributed by atoms with E-state index in [1.54, 1.807) is 69.5 Å². The van der Waals surface area contributed by atoms with Crippen LogP contribution in [-0.2, 0) is 0 Å². The van der Waals surface area contributed by atoms with E-state index in [0.717, 1.165) is 10.8 Å². The first kappa shape index (κ1) is 36.2. The summed E-state index contributed by atoms with van der Waals surface area (Å²) in [4.78, 5) is 37.0. The summed E-state index contributed by atoms with van der Waals surface area (Å²) in [5.74, 6) is 0.234. The molecule has 0 aliphatic heterocycles. The monoisotopic (exact) mass is 846 g/mol. The summed E-state index contributed by atoms with van der Waals surface area (Å²) in [6.45, 7) is 0. The molecular formula is C50H26N10O5. The van der Waals surface area contributed by atoms with Gasteiger partial charge in [0.1, 0.15) is 34.2 Å². The van der Waals surface area contributed by atoms with Crippen LogP contribution in [0, 0.1) is 0 Å². The average molecular weight is 847 g/mol. The summed E-state index contributed by atoms with van der Waals surface area (Å²) in [5.41, 5.74) is 6.10. The highest BCUT2D eigenvalue weighted by molar-refractivity contribution is 6.20. The Morgan fingerprint density at radius 2 is 0.862 bits per heavy atom. The quantitative estimate of drug-likeness (QED) is 0.153. The maximum absolute atomic E-state index is 13.8. The minimum absolute atomic E-state index is 0.171. The fourth-order valence-corrected chi connectivity index (χ4v) is 8.91. The van der Waals surface area contributed by atoms with Gasteiger partial charge in [0.25, 0.3) is 11.1 Å². The van der Waals surface area contributed by atoms with Crippen molar-refractivity contribution in [3.05, 3.63) is 166 Å². The number of rotatable bonds is 6. The lowest BCUT2D eigenvalue weighted by molar-refractivity contribution is 0.477. The fraction of sp³-hybridized carbons (Fsp3) is 0. The van der Waals surface area contributed by atoms with Gasteiger partial charge in [-0.2, -0.15) is 10.2 Å². The number of phenols is 2. The molecule has 0 fully saturated rings. The van der Waals surface area contributed by atoms with E-state index in [0.29, 0.717) is 88.2 Å². The highest BCUT2D eigenvalue weighted by atomic mass is 16.4. The van der Waals surface area contributed by atoms with Crippen molar-refractivity contribution in [3.8, 4) is 34.4 Å². The molecule has 0 saturated heterocycles. The van der Waals surface area contributed by atoms with Crippen LogP contribution in [0.4, 0.5) is 22.7 Å². The highest BCUT2D eigenvalue weighted by Gasteiger charge is 2.22. The zero-order valence-corrected chi connectivity index (χ0v) is 33.4. The molecule has 0 aliphatic rings. The first-order chi connectivity index (χ1) is 31.9. The van der Waals surface area contributed by atoms with Crippen molar-refractivity contribution in [2.45, 2.75) is 0 Å². The molecule has 15 heteroatoms. The summed E-state index contributed by atoms with van der Waals surface area (Å²) in [5, 5.41) is 53.2. The third kappa shape index (κ3) is 5.35. The van der Waals surface area contributed by atoms with Crippen molar-refractivity contribution in [1.29, 1.82) is 0 Å². The van der Waals surface area contributed by atoms with Crippen LogP contribution in [-0.4, -0.2) is 39.2 Å². The van der Waals surface area contributed by atoms with Gasteiger partial charge < -0.3 is 14.6 Å². The van der Waals surface area contributed by atoms with Crippen LogP contribution in [0.25, 0.3) is 99.4 Å². The second-order valence-corrected chi connectivity index (χ2v) is 15.6. The number of hydrogen-bond donors (Lipinski definition) is 2. The fourth-order valence-electron chi connectivity index (χ4n) is 8.91. The molecule has 0 spiro atoms. The Morgan fingerprint density at radius 3 is 1.31 bits per heavy atom. The molecule has 13 aromatic rings. The maximum atomic E-state index is 13.8. The first-order valence-electron chi connectivity index (χ1n) is 20.4. The van der Waals surface area contributed by atoms with Crippen molar-refractivity contribution in [3.63, 3.8) is 0 Å². The van der Waals surface area contributed by atoms with Crippen LogP contribution >= 0.6 is 0 Å². The van der Waals surface area contributed by atoms with E-state index < -0.39 is 0 Å². The average Bonchev–Trinajstić information content (AvgIpc) is 4.09. The highest BCUT2D eigenvalue weighted by Crippen LogP contribution is 2.43. The molecule has 0 aliphatic carbocycles. The third-order valence-electron chi connectivity index (χ3n) is 11.9. The topological polar surface area (TPSA) is 198 Å². The zero-order valence-electron chi connectivity index (χ0n) is 33.4. The molecule has 5 aromatic heterocycles. The molecule has 5 heterocycles. The van der Waals surface area contributed by atoms with Gasteiger partial charge in [-0.05, 0) is 84.9 Å². The number of para-hydroxylation sites is 4. The van der Waals surface area contributed by atoms with Crippen molar-refractivity contribution in [1.82, 2.24) is 29.0 Å². The normalized spacial score (nSPS) is 12.4. The predicted octanol–water partition coefficient (Wildman–Crippen LogP) is 11.5. The molecule has 13 rings (SSSR count). The lowest BCUT2D eigenvalue weighted by atomic mass is 10.0. The molecule has 65 heavy (non-hydrogen) atoms. The van der Waals surface area contributed by atoms with Gasteiger partial charge in [0.15, 0.2) is 0 Å². The molecule has 2 N–H and O–H groups in total. The largest absolute Gasteiger partial charge is 0.506 e. The summed E-state index contributed by atoms with van der Waals surface area (Å²) in [6.07, 6.45) is 0. The number of imidazole rings is 2.